The molecule has 0 radical (unpaired) electrons. The van der Waals surface area contributed by atoms with Crippen LogP contribution in [0.3, 0.4) is 0 Å². The summed E-state index contributed by atoms with van der Waals surface area (Å²) in [6.45, 7) is 2.60. The van der Waals surface area contributed by atoms with E-state index >= 15 is 0 Å². The van der Waals surface area contributed by atoms with Gasteiger partial charge in [0.25, 0.3) is 10.0 Å². The number of alkyl halides is 3. The van der Waals surface area contributed by atoms with E-state index in [0.29, 0.717) is 11.0 Å². The summed E-state index contributed by atoms with van der Waals surface area (Å²) in [5.41, 5.74) is 2.60. The van der Waals surface area contributed by atoms with E-state index in [0.717, 1.165) is 24.1 Å². The van der Waals surface area contributed by atoms with Gasteiger partial charge in [-0.2, -0.15) is 13.2 Å². The highest BCUT2D eigenvalue weighted by Crippen LogP contribution is 2.24. The molecule has 220 valence electrons. The zero-order valence-corrected chi connectivity index (χ0v) is 24.2. The molecule has 8 nitrogen and oxygen atoms in total. The number of carboxylic acids is 2. The van der Waals surface area contributed by atoms with Crippen molar-refractivity contribution in [3.8, 4) is 0 Å². The summed E-state index contributed by atoms with van der Waals surface area (Å²) in [6.07, 6.45) is 0.997. The van der Waals surface area contributed by atoms with Crippen LogP contribution < -0.4 is 9.83 Å². The lowest BCUT2D eigenvalue weighted by Gasteiger charge is -2.28. The van der Waals surface area contributed by atoms with Gasteiger partial charge in [0, 0.05) is 4.88 Å². The van der Waals surface area contributed by atoms with E-state index in [9.17, 15) is 26.4 Å². The van der Waals surface area contributed by atoms with Crippen molar-refractivity contribution in [2.45, 2.75) is 68.3 Å². The van der Waals surface area contributed by atoms with Crippen LogP contribution in [0.15, 0.2) is 40.6 Å². The van der Waals surface area contributed by atoms with Gasteiger partial charge in [-0.3, -0.25) is 4.79 Å². The molecule has 1 heterocycles. The molecule has 0 bridgehead atoms. The van der Waals surface area contributed by atoms with E-state index in [4.69, 9.17) is 15.0 Å². The molecule has 0 saturated carbocycles. The summed E-state index contributed by atoms with van der Waals surface area (Å²) in [5.74, 6) is -4.03. The molecule has 2 N–H and O–H groups in total. The molecule has 2 rings (SSSR count). The van der Waals surface area contributed by atoms with Gasteiger partial charge in [-0.1, -0.05) is 44.0 Å². The molecular formula is C26H37F3N2O6S2. The highest BCUT2D eigenvalue weighted by atomic mass is 32.2. The van der Waals surface area contributed by atoms with Crippen LogP contribution in [0, 0.1) is 0 Å². The van der Waals surface area contributed by atoms with Crippen LogP contribution in [-0.2, 0) is 38.9 Å². The molecule has 0 saturated heterocycles. The maximum absolute atomic E-state index is 12.8. The maximum Gasteiger partial charge on any atom is 0.430 e. The van der Waals surface area contributed by atoms with Crippen molar-refractivity contribution < 1.29 is 45.9 Å². The molecule has 0 fully saturated rings. The third kappa shape index (κ3) is 14.5. The smallest absolute Gasteiger partial charge is 0.430 e. The number of rotatable bonds is 14. The number of nitrogens with one attached hydrogen (secondary N) is 1. The number of hydrogen-bond donors (Lipinski definition) is 2. The molecule has 1 aromatic heterocycles. The number of aliphatic carboxylic acids is 2. The fraction of sp³-hybridized carbons (Fsp3) is 0.538. The summed E-state index contributed by atoms with van der Waals surface area (Å²) in [5, 5.41) is 17.9. The Morgan fingerprint density at radius 2 is 1.54 bits per heavy atom. The number of nitrogens with zero attached hydrogens (tertiary/aromatic N) is 1. The van der Waals surface area contributed by atoms with Crippen molar-refractivity contribution in [2.24, 2.45) is 0 Å². The minimum atomic E-state index is -5.19. The van der Waals surface area contributed by atoms with E-state index in [2.05, 4.69) is 35.9 Å². The molecular weight excluding hydrogens is 557 g/mol. The van der Waals surface area contributed by atoms with Crippen LogP contribution >= 0.6 is 11.3 Å². The van der Waals surface area contributed by atoms with Crippen LogP contribution in [-0.4, -0.2) is 69.9 Å². The lowest BCUT2D eigenvalue weighted by Crippen LogP contribution is -2.49. The van der Waals surface area contributed by atoms with E-state index in [1.807, 2.05) is 27.2 Å². The van der Waals surface area contributed by atoms with Gasteiger partial charge in [0.1, 0.15) is 10.2 Å². The largest absolute Gasteiger partial charge is 0.542 e. The molecule has 0 aliphatic heterocycles. The number of hydrogen-bond acceptors (Lipinski definition) is 6. The number of thiophene rings is 1. The molecule has 0 spiro atoms. The maximum atomic E-state index is 12.8. The Kier molecular flexibility index (Phi) is 13.6. The fourth-order valence-electron chi connectivity index (χ4n) is 3.65. The molecule has 0 aliphatic rings. The van der Waals surface area contributed by atoms with Gasteiger partial charge >= 0.3 is 12.1 Å². The Bertz CT molecular complexity index is 1160. The highest BCUT2D eigenvalue weighted by molar-refractivity contribution is 7.91. The molecule has 39 heavy (non-hydrogen) atoms. The SMILES string of the molecule is CCCCCc1ccc(CCc2ccc(S(=O)(=O)NC(CC(=O)O)C[N+](C)(C)C)s2)cc1.O=C([O-])C(F)(F)F. The average Bonchev–Trinajstić information content (AvgIpc) is 3.27. The Labute approximate surface area is 232 Å². The van der Waals surface area contributed by atoms with Crippen LogP contribution in [0.1, 0.15) is 48.6 Å². The third-order valence-electron chi connectivity index (χ3n) is 5.40. The van der Waals surface area contributed by atoms with Crippen molar-refractivity contribution in [2.75, 3.05) is 27.7 Å². The molecule has 1 unspecified atom stereocenters. The second kappa shape index (κ2) is 15.3. The molecule has 0 aliphatic carbocycles. The summed E-state index contributed by atoms with van der Waals surface area (Å²) >= 11 is 1.25. The van der Waals surface area contributed by atoms with E-state index in [1.54, 1.807) is 6.07 Å². The van der Waals surface area contributed by atoms with Crippen LogP contribution in [0.2, 0.25) is 0 Å². The first-order valence-electron chi connectivity index (χ1n) is 12.4. The predicted octanol–water partition coefficient (Wildman–Crippen LogP) is 3.39. The number of benzene rings is 1. The Balaban J connectivity index is 0.000000956. The predicted molar refractivity (Wildman–Crippen MR) is 142 cm³/mol. The highest BCUT2D eigenvalue weighted by Gasteiger charge is 2.29. The molecule has 13 heteroatoms. The second-order valence-electron chi connectivity index (χ2n) is 10.2. The molecule has 1 aromatic carbocycles. The lowest BCUT2D eigenvalue weighted by molar-refractivity contribution is -0.871. The van der Waals surface area contributed by atoms with Crippen LogP contribution in [0.4, 0.5) is 13.2 Å². The topological polar surface area (TPSA) is 124 Å². The van der Waals surface area contributed by atoms with Gasteiger partial charge in [0.2, 0.25) is 0 Å². The Morgan fingerprint density at radius 1 is 1.00 bits per heavy atom. The van der Waals surface area contributed by atoms with E-state index < -0.39 is 34.2 Å². The molecule has 2 aromatic rings. The van der Waals surface area contributed by atoms with Crippen LogP contribution in [0.5, 0.6) is 0 Å². The summed E-state index contributed by atoms with van der Waals surface area (Å²) in [7, 11) is 1.96. The molecule has 1 atom stereocenters. The summed E-state index contributed by atoms with van der Waals surface area (Å²) in [4.78, 5) is 21.0. The Hall–Kier alpha value is -2.48. The number of halogens is 3. The van der Waals surface area contributed by atoms with Gasteiger partial charge in [-0.05, 0) is 48.9 Å². The number of sulfonamides is 1. The van der Waals surface area contributed by atoms with Crippen molar-refractivity contribution in [3.05, 3.63) is 52.4 Å². The fourth-order valence-corrected chi connectivity index (χ4v) is 6.25. The number of carbonyl (C=O) groups excluding carboxylic acids is 1. The second-order valence-corrected chi connectivity index (χ2v) is 13.3. The van der Waals surface area contributed by atoms with Crippen molar-refractivity contribution in [1.82, 2.24) is 4.72 Å². The van der Waals surface area contributed by atoms with Gasteiger partial charge in [-0.15, -0.1) is 11.3 Å². The van der Waals surface area contributed by atoms with E-state index in [-0.39, 0.29) is 10.6 Å². The lowest BCUT2D eigenvalue weighted by atomic mass is 10.0. The first-order valence-corrected chi connectivity index (χ1v) is 14.7. The minimum absolute atomic E-state index is 0.232. The van der Waals surface area contributed by atoms with Crippen molar-refractivity contribution in [1.29, 1.82) is 0 Å². The number of quaternary nitrogens is 1. The molecule has 0 amide bonds. The van der Waals surface area contributed by atoms with Crippen molar-refractivity contribution in [3.63, 3.8) is 0 Å². The monoisotopic (exact) mass is 594 g/mol. The zero-order chi connectivity index (χ0) is 29.9. The number of carbonyl (C=O) groups is 2. The number of likely N-dealkylation sites (N-methyl/N-ethyl adjacent to an activating group) is 1. The van der Waals surface area contributed by atoms with Gasteiger partial charge in [0.05, 0.1) is 40.2 Å². The number of carboxylic acid groups (broad SMARTS) is 2. The van der Waals surface area contributed by atoms with Gasteiger partial charge < -0.3 is 19.5 Å². The first-order chi connectivity index (χ1) is 17.9. The Morgan fingerprint density at radius 3 is 2.00 bits per heavy atom. The van der Waals surface area contributed by atoms with Gasteiger partial charge in [-0.25, -0.2) is 13.1 Å². The minimum Gasteiger partial charge on any atom is -0.542 e. The third-order valence-corrected chi connectivity index (χ3v) is 8.55. The van der Waals surface area contributed by atoms with Gasteiger partial charge in [0.15, 0.2) is 0 Å². The summed E-state index contributed by atoms with van der Waals surface area (Å²) < 4.78 is 60.5. The standard InChI is InChI=1S/C24H36N2O4S2.C2HF3O2/c1-5-6-7-8-19-9-11-20(12-10-19)13-14-22-15-16-24(31-22)32(29,30)25-21(17-23(27)28)18-26(2,3)4;3-2(4,5)1(6)7/h9-12,15-16,21,25H,5-8,13-14,17-18H2,1-4H3;(H,6,7). The number of unbranched alkanes of at least 4 members (excludes halogenated alkanes) is 2. The van der Waals surface area contributed by atoms with Crippen molar-refractivity contribution >= 4 is 33.3 Å². The zero-order valence-electron chi connectivity index (χ0n) is 22.6. The quantitative estimate of drug-likeness (QED) is 0.255. The van der Waals surface area contributed by atoms with Crippen LogP contribution in [0.25, 0.3) is 0 Å². The number of aryl methyl sites for hydroxylation is 3. The summed E-state index contributed by atoms with van der Waals surface area (Å²) in [6, 6.07) is 11.5. The first kappa shape index (κ1) is 34.5. The van der Waals surface area contributed by atoms with E-state index in [1.165, 1.54) is 41.7 Å². The normalized spacial score (nSPS) is 12.9. The average molecular weight is 595 g/mol.